The Labute approximate surface area is 327 Å². The van der Waals surface area contributed by atoms with Gasteiger partial charge in [-0.05, 0) is 57.9 Å². The second kappa shape index (κ2) is 12.3. The van der Waals surface area contributed by atoms with E-state index in [1.54, 1.807) is 35.6 Å². The van der Waals surface area contributed by atoms with Crippen molar-refractivity contribution in [1.82, 2.24) is 15.0 Å². The Kier molecular flexibility index (Phi) is 5.22. The Balaban J connectivity index is 1.11. The number of hydrogen-bond donors (Lipinski definition) is 0. The lowest BCUT2D eigenvalue weighted by Crippen LogP contribution is -2.00. The van der Waals surface area contributed by atoms with Crippen molar-refractivity contribution in [2.24, 2.45) is 0 Å². The van der Waals surface area contributed by atoms with Gasteiger partial charge in [-0.3, -0.25) is 0 Å². The number of rotatable bonds is 5. The minimum atomic E-state index is -0.546. The van der Waals surface area contributed by atoms with E-state index in [9.17, 15) is 0 Å². The highest BCUT2D eigenvalue weighted by Crippen LogP contribution is 2.43. The molecule has 0 bridgehead atoms. The van der Waals surface area contributed by atoms with Crippen molar-refractivity contribution in [2.45, 2.75) is 0 Å². The summed E-state index contributed by atoms with van der Waals surface area (Å²) in [6.07, 6.45) is 0. The number of furan rings is 1. The molecule has 0 radical (unpaired) electrons. The van der Waals surface area contributed by atoms with E-state index in [4.69, 9.17) is 31.7 Å². The van der Waals surface area contributed by atoms with Crippen LogP contribution in [0.2, 0.25) is 0 Å². The summed E-state index contributed by atoms with van der Waals surface area (Å²) >= 11 is 1.72. The first kappa shape index (κ1) is 22.9. The maximum atomic E-state index is 9.12. The molecular formula is C49H29N3OS. The summed E-state index contributed by atoms with van der Waals surface area (Å²) in [5, 5.41) is 2.21. The predicted molar refractivity (Wildman–Crippen MR) is 225 cm³/mol. The van der Waals surface area contributed by atoms with Gasteiger partial charge in [0.1, 0.15) is 11.2 Å². The highest BCUT2D eigenvalue weighted by atomic mass is 32.1. The van der Waals surface area contributed by atoms with Crippen LogP contribution in [0, 0.1) is 0 Å². The molecule has 0 spiro atoms. The third-order valence-corrected chi connectivity index (χ3v) is 10.8. The molecule has 0 fully saturated rings. The topological polar surface area (TPSA) is 51.8 Å². The zero-order valence-corrected chi connectivity index (χ0v) is 29.0. The summed E-state index contributed by atoms with van der Waals surface area (Å²) in [5.74, 6) is 1.34. The highest BCUT2D eigenvalue weighted by Gasteiger charge is 2.19. The van der Waals surface area contributed by atoms with E-state index in [0.717, 1.165) is 32.3 Å². The summed E-state index contributed by atoms with van der Waals surface area (Å²) in [7, 11) is 0. The van der Waals surface area contributed by atoms with Crippen LogP contribution < -0.4 is 0 Å². The van der Waals surface area contributed by atoms with Crippen LogP contribution in [-0.4, -0.2) is 15.0 Å². The zero-order valence-electron chi connectivity index (χ0n) is 37.2. The van der Waals surface area contributed by atoms with E-state index in [2.05, 4.69) is 42.5 Å². The fourth-order valence-electron chi connectivity index (χ4n) is 7.15. The lowest BCUT2D eigenvalue weighted by atomic mass is 9.96. The first-order valence-corrected chi connectivity index (χ1v) is 18.1. The summed E-state index contributed by atoms with van der Waals surface area (Å²) in [4.78, 5) is 15.1. The van der Waals surface area contributed by atoms with E-state index in [0.29, 0.717) is 28.6 Å². The van der Waals surface area contributed by atoms with Crippen molar-refractivity contribution >= 4 is 64.2 Å². The number of thiophene rings is 1. The monoisotopic (exact) mass is 716 g/mol. The first-order chi connectivity index (χ1) is 30.5. The van der Waals surface area contributed by atoms with Crippen molar-refractivity contribution < 1.29 is 16.8 Å². The number of aromatic nitrogens is 3. The van der Waals surface area contributed by atoms with Crippen molar-refractivity contribution in [2.75, 3.05) is 0 Å². The molecule has 0 aliphatic rings. The lowest BCUT2D eigenvalue weighted by Gasteiger charge is -2.12. The van der Waals surface area contributed by atoms with Gasteiger partial charge in [-0.15, -0.1) is 11.3 Å². The number of fused-ring (bicyclic) bond motifs is 8. The Morgan fingerprint density at radius 1 is 0.444 bits per heavy atom. The molecule has 0 N–H and O–H groups in total. The first-order valence-electron chi connectivity index (χ1n) is 21.8. The largest absolute Gasteiger partial charge is 0.455 e. The molecular weight excluding hydrogens is 679 g/mol. The molecule has 0 atom stereocenters. The maximum Gasteiger partial charge on any atom is 0.164 e. The molecule has 252 valence electrons. The maximum absolute atomic E-state index is 9.12. The average Bonchev–Trinajstić information content (AvgIpc) is 3.90. The molecule has 3 heterocycles. The van der Waals surface area contributed by atoms with Crippen LogP contribution >= 0.6 is 11.3 Å². The Bertz CT molecular complexity index is 3730. The lowest BCUT2D eigenvalue weighted by molar-refractivity contribution is 0.673. The molecule has 0 saturated heterocycles. The van der Waals surface area contributed by atoms with Gasteiger partial charge in [0.25, 0.3) is 0 Å². The minimum absolute atomic E-state index is 0.0219. The van der Waals surface area contributed by atoms with Crippen LogP contribution in [0.3, 0.4) is 0 Å². The number of benzene rings is 8. The van der Waals surface area contributed by atoms with Gasteiger partial charge in [0.15, 0.2) is 17.5 Å². The van der Waals surface area contributed by atoms with Crippen LogP contribution in [0.5, 0.6) is 0 Å². The highest BCUT2D eigenvalue weighted by molar-refractivity contribution is 7.26. The third kappa shape index (κ3) is 5.01. The molecule has 4 nitrogen and oxygen atoms in total. The fourth-order valence-corrected chi connectivity index (χ4v) is 8.32. The van der Waals surface area contributed by atoms with Crippen molar-refractivity contribution in [1.29, 1.82) is 0 Å². The molecule has 0 saturated carbocycles. The molecule has 0 aliphatic carbocycles. The SMILES string of the molecule is [2H]c1c([2H])c(-c2ccc(-c3nc(-c4ccccc4)nc(-c4cc(-c5ccccc5)c5c(c4)sc4ccccc45)n3)cc2)c2c(oc3c4c([2H])c([2H])c([2H])c([2H])c4c([2H])c([2H])c32)c1[2H]. The van der Waals surface area contributed by atoms with Crippen molar-refractivity contribution in [3.8, 4) is 56.4 Å². The molecule has 11 aromatic rings. The van der Waals surface area contributed by atoms with Crippen LogP contribution in [0.4, 0.5) is 0 Å². The van der Waals surface area contributed by atoms with Gasteiger partial charge in [0.05, 0.1) is 12.3 Å². The van der Waals surface area contributed by atoms with Gasteiger partial charge in [-0.1, -0.05) is 145 Å². The molecule has 8 aromatic carbocycles. The standard InChI is InChI=1S/C49H29N3OS/c1-3-12-30(13-4-1)40-28-35(29-43-45(40)38-18-9-10-21-42(38)54-43)49-51-47(33-15-5-2-6-16-33)50-48(52-49)34-24-22-32(23-25-34)36-19-11-20-41-44(36)39-27-26-31-14-7-8-17-37(31)46(39)53-41/h1-29H/i7D,8D,11D,14D,17D,19D,20D,26D,27D. The number of hydrogen-bond acceptors (Lipinski definition) is 5. The molecule has 0 aliphatic heterocycles. The van der Waals surface area contributed by atoms with Gasteiger partial charge < -0.3 is 4.42 Å². The van der Waals surface area contributed by atoms with E-state index < -0.39 is 42.3 Å². The quantitative estimate of drug-likeness (QED) is 0.178. The van der Waals surface area contributed by atoms with Gasteiger partial charge in [-0.25, -0.2) is 15.0 Å². The summed E-state index contributed by atoms with van der Waals surface area (Å²) in [6, 6.07) is 35.7. The molecule has 0 amide bonds. The predicted octanol–water partition coefficient (Wildman–Crippen LogP) is 13.6. The van der Waals surface area contributed by atoms with E-state index >= 15 is 0 Å². The van der Waals surface area contributed by atoms with Crippen LogP contribution in [0.15, 0.2) is 180 Å². The zero-order chi connectivity index (χ0) is 43.4. The minimum Gasteiger partial charge on any atom is -0.455 e. The molecule has 0 unspecified atom stereocenters. The van der Waals surface area contributed by atoms with Crippen LogP contribution in [0.1, 0.15) is 12.3 Å². The normalized spacial score (nSPS) is 14.0. The molecule has 3 aromatic heterocycles. The van der Waals surface area contributed by atoms with Gasteiger partial charge >= 0.3 is 0 Å². The smallest absolute Gasteiger partial charge is 0.164 e. The van der Waals surface area contributed by atoms with E-state index in [-0.39, 0.29) is 50.4 Å². The van der Waals surface area contributed by atoms with Gasteiger partial charge in [0.2, 0.25) is 0 Å². The van der Waals surface area contributed by atoms with Gasteiger partial charge in [0, 0.05) is 53.0 Å². The van der Waals surface area contributed by atoms with Crippen molar-refractivity contribution in [3.63, 3.8) is 0 Å². The second-order valence-corrected chi connectivity index (χ2v) is 14.0. The molecule has 11 rings (SSSR count). The van der Waals surface area contributed by atoms with E-state index in [1.807, 2.05) is 54.6 Å². The third-order valence-electron chi connectivity index (χ3n) is 9.67. The fraction of sp³-hybridized carbons (Fsp3) is 0. The Morgan fingerprint density at radius 3 is 1.89 bits per heavy atom. The average molecular weight is 717 g/mol. The molecule has 5 heteroatoms. The Morgan fingerprint density at radius 2 is 1.09 bits per heavy atom. The summed E-state index contributed by atoms with van der Waals surface area (Å²) < 4.78 is 86.9. The second-order valence-electron chi connectivity index (χ2n) is 12.9. The van der Waals surface area contributed by atoms with Gasteiger partial charge in [-0.2, -0.15) is 0 Å². The number of nitrogens with zero attached hydrogens (tertiary/aromatic N) is 3. The Hall–Kier alpha value is -6.95. The summed E-state index contributed by atoms with van der Waals surface area (Å²) in [5.41, 5.74) is 4.76. The van der Waals surface area contributed by atoms with Crippen molar-refractivity contribution in [3.05, 3.63) is 176 Å². The molecule has 54 heavy (non-hydrogen) atoms. The van der Waals surface area contributed by atoms with E-state index in [1.165, 1.54) is 10.1 Å². The van der Waals surface area contributed by atoms with Crippen LogP contribution in [-0.2, 0) is 0 Å². The summed E-state index contributed by atoms with van der Waals surface area (Å²) in [6.45, 7) is 0. The van der Waals surface area contributed by atoms with Crippen LogP contribution in [0.25, 0.3) is 109 Å².